The largest absolute Gasteiger partial charge is 0.507 e. The zero-order valence-corrected chi connectivity index (χ0v) is 11.6. The van der Waals surface area contributed by atoms with E-state index in [1.807, 2.05) is 26.8 Å². The summed E-state index contributed by atoms with van der Waals surface area (Å²) < 4.78 is 5.67. The quantitative estimate of drug-likeness (QED) is 0.875. The van der Waals surface area contributed by atoms with Gasteiger partial charge >= 0.3 is 0 Å². The Hall–Kier alpha value is -0.860. The summed E-state index contributed by atoms with van der Waals surface area (Å²) in [5.74, 6) is 1.28. The van der Waals surface area contributed by atoms with Crippen LogP contribution in [-0.2, 0) is 0 Å². The highest BCUT2D eigenvalue weighted by Crippen LogP contribution is 2.32. The summed E-state index contributed by atoms with van der Waals surface area (Å²) >= 11 is 11.0. The molecule has 0 amide bonds. The third-order valence-corrected chi connectivity index (χ3v) is 2.72. The van der Waals surface area contributed by atoms with Crippen LogP contribution < -0.4 is 4.74 Å². The van der Waals surface area contributed by atoms with Crippen LogP contribution in [0.25, 0.3) is 0 Å². The van der Waals surface area contributed by atoms with Crippen LogP contribution in [0, 0.1) is 6.92 Å². The minimum atomic E-state index is 0.185. The zero-order valence-electron chi connectivity index (χ0n) is 10.1. The molecule has 1 aromatic rings. The van der Waals surface area contributed by atoms with Crippen LogP contribution in [0.2, 0.25) is 0 Å². The van der Waals surface area contributed by atoms with Gasteiger partial charge in [-0.1, -0.05) is 37.0 Å². The molecular weight excluding hydrogens is 259 g/mol. The molecule has 0 aliphatic carbocycles. The van der Waals surface area contributed by atoms with E-state index in [0.717, 1.165) is 11.1 Å². The molecule has 0 saturated heterocycles. The van der Waals surface area contributed by atoms with Crippen LogP contribution in [0.3, 0.4) is 0 Å². The van der Waals surface area contributed by atoms with Crippen molar-refractivity contribution in [2.24, 2.45) is 0 Å². The lowest BCUT2D eigenvalue weighted by Gasteiger charge is -2.13. The number of phenols is 1. The summed E-state index contributed by atoms with van der Waals surface area (Å²) in [5, 5.41) is 9.90. The van der Waals surface area contributed by atoms with E-state index in [4.69, 9.17) is 27.9 Å². The summed E-state index contributed by atoms with van der Waals surface area (Å²) in [4.78, 5) is 0. The number of aryl methyl sites for hydroxylation is 1. The van der Waals surface area contributed by atoms with Gasteiger partial charge < -0.3 is 9.84 Å². The molecule has 0 unspecified atom stereocenters. The molecule has 1 rings (SSSR count). The molecule has 0 fully saturated rings. The SMILES string of the molecule is Cc1cc(OCC=C(Cl)Cl)cc(C(C)C)c1O. The molecule has 0 saturated carbocycles. The lowest BCUT2D eigenvalue weighted by Crippen LogP contribution is -1.97. The number of halogens is 2. The Balaban J connectivity index is 2.91. The molecule has 2 nitrogen and oxygen atoms in total. The third-order valence-electron chi connectivity index (χ3n) is 2.41. The monoisotopic (exact) mass is 274 g/mol. The Labute approximate surface area is 112 Å². The van der Waals surface area contributed by atoms with Crippen molar-refractivity contribution in [1.82, 2.24) is 0 Å². The second-order valence-corrected chi connectivity index (χ2v) is 5.15. The van der Waals surface area contributed by atoms with Crippen LogP contribution in [-0.4, -0.2) is 11.7 Å². The van der Waals surface area contributed by atoms with Crippen molar-refractivity contribution in [3.63, 3.8) is 0 Å². The van der Waals surface area contributed by atoms with Crippen molar-refractivity contribution in [3.05, 3.63) is 33.8 Å². The number of ether oxygens (including phenoxy) is 1. The maximum atomic E-state index is 9.90. The molecule has 0 aliphatic heterocycles. The van der Waals surface area contributed by atoms with Gasteiger partial charge in [0.1, 0.15) is 22.6 Å². The van der Waals surface area contributed by atoms with Gasteiger partial charge in [-0.05, 0) is 36.6 Å². The predicted molar refractivity (Wildman–Crippen MR) is 72.2 cm³/mol. The maximum absolute atomic E-state index is 9.90. The average molecular weight is 275 g/mol. The predicted octanol–water partition coefficient (Wildman–Crippen LogP) is 4.52. The Bertz CT molecular complexity index is 422. The molecule has 0 bridgehead atoms. The fraction of sp³-hybridized carbons (Fsp3) is 0.385. The Morgan fingerprint density at radius 2 is 2.06 bits per heavy atom. The van der Waals surface area contributed by atoms with Crippen molar-refractivity contribution < 1.29 is 9.84 Å². The van der Waals surface area contributed by atoms with Crippen molar-refractivity contribution >= 4 is 23.2 Å². The highest BCUT2D eigenvalue weighted by molar-refractivity contribution is 6.55. The fourth-order valence-electron chi connectivity index (χ4n) is 1.50. The van der Waals surface area contributed by atoms with Crippen LogP contribution in [0.1, 0.15) is 30.9 Å². The normalized spacial score (nSPS) is 10.5. The molecule has 4 heteroatoms. The summed E-state index contributed by atoms with van der Waals surface area (Å²) in [5.41, 5.74) is 1.67. The van der Waals surface area contributed by atoms with Crippen molar-refractivity contribution in [2.45, 2.75) is 26.7 Å². The minimum Gasteiger partial charge on any atom is -0.507 e. The summed E-state index contributed by atoms with van der Waals surface area (Å²) in [6.07, 6.45) is 1.57. The van der Waals surface area contributed by atoms with Crippen LogP contribution in [0.5, 0.6) is 11.5 Å². The van der Waals surface area contributed by atoms with Crippen molar-refractivity contribution in [3.8, 4) is 11.5 Å². The van der Waals surface area contributed by atoms with Gasteiger partial charge in [-0.15, -0.1) is 0 Å². The van der Waals surface area contributed by atoms with Gasteiger partial charge in [0, 0.05) is 5.56 Å². The molecule has 0 aliphatic rings. The lowest BCUT2D eigenvalue weighted by molar-refractivity contribution is 0.360. The molecule has 0 atom stereocenters. The summed E-state index contributed by atoms with van der Waals surface area (Å²) in [6, 6.07) is 3.63. The fourth-order valence-corrected chi connectivity index (χ4v) is 1.62. The Morgan fingerprint density at radius 1 is 1.41 bits per heavy atom. The smallest absolute Gasteiger partial charge is 0.122 e. The number of hydrogen-bond acceptors (Lipinski definition) is 2. The second-order valence-electron chi connectivity index (χ2n) is 4.14. The van der Waals surface area contributed by atoms with E-state index in [1.165, 1.54) is 0 Å². The molecule has 1 aromatic carbocycles. The number of benzene rings is 1. The van der Waals surface area contributed by atoms with E-state index in [2.05, 4.69) is 0 Å². The first-order chi connectivity index (χ1) is 7.91. The number of rotatable bonds is 4. The van der Waals surface area contributed by atoms with Gasteiger partial charge in [0.15, 0.2) is 0 Å². The topological polar surface area (TPSA) is 29.5 Å². The van der Waals surface area contributed by atoms with E-state index in [9.17, 15) is 5.11 Å². The van der Waals surface area contributed by atoms with E-state index < -0.39 is 0 Å². The highest BCUT2D eigenvalue weighted by Gasteiger charge is 2.10. The maximum Gasteiger partial charge on any atom is 0.122 e. The molecule has 0 radical (unpaired) electrons. The molecule has 0 aromatic heterocycles. The minimum absolute atomic E-state index is 0.185. The molecule has 17 heavy (non-hydrogen) atoms. The van der Waals surface area contributed by atoms with Crippen molar-refractivity contribution in [2.75, 3.05) is 6.61 Å². The highest BCUT2D eigenvalue weighted by atomic mass is 35.5. The third kappa shape index (κ3) is 4.14. The zero-order chi connectivity index (χ0) is 13.0. The lowest BCUT2D eigenvalue weighted by atomic mass is 9.99. The number of hydrogen-bond donors (Lipinski definition) is 1. The first-order valence-electron chi connectivity index (χ1n) is 5.39. The first kappa shape index (κ1) is 14.2. The Kier molecular flexibility index (Phi) is 5.16. The van der Waals surface area contributed by atoms with E-state index in [-0.39, 0.29) is 10.4 Å². The Morgan fingerprint density at radius 3 is 2.59 bits per heavy atom. The van der Waals surface area contributed by atoms with Gasteiger partial charge in [0.25, 0.3) is 0 Å². The summed E-state index contributed by atoms with van der Waals surface area (Å²) in [7, 11) is 0. The van der Waals surface area contributed by atoms with Crippen LogP contribution in [0.4, 0.5) is 0 Å². The van der Waals surface area contributed by atoms with E-state index in [0.29, 0.717) is 18.1 Å². The van der Waals surface area contributed by atoms with Gasteiger partial charge in [-0.25, -0.2) is 0 Å². The summed E-state index contributed by atoms with van der Waals surface area (Å²) in [6.45, 7) is 6.20. The first-order valence-corrected chi connectivity index (χ1v) is 6.15. The van der Waals surface area contributed by atoms with E-state index >= 15 is 0 Å². The van der Waals surface area contributed by atoms with Crippen LogP contribution in [0.15, 0.2) is 22.7 Å². The standard InChI is InChI=1S/C13H16Cl2O2/c1-8(2)11-7-10(6-9(3)13(11)16)17-5-4-12(14)15/h4,6-8,16H,5H2,1-3H3. The second kappa shape index (κ2) is 6.18. The molecule has 0 heterocycles. The van der Waals surface area contributed by atoms with Crippen LogP contribution >= 0.6 is 23.2 Å². The number of aromatic hydroxyl groups is 1. The molecular formula is C13H16Cl2O2. The number of phenolic OH excluding ortho intramolecular Hbond substituents is 1. The average Bonchev–Trinajstić information content (AvgIpc) is 2.22. The molecule has 0 spiro atoms. The molecule has 1 N–H and O–H groups in total. The van der Waals surface area contributed by atoms with Gasteiger partial charge in [-0.3, -0.25) is 0 Å². The van der Waals surface area contributed by atoms with Gasteiger partial charge in [-0.2, -0.15) is 0 Å². The molecule has 94 valence electrons. The van der Waals surface area contributed by atoms with E-state index in [1.54, 1.807) is 12.1 Å². The van der Waals surface area contributed by atoms with Gasteiger partial charge in [0.05, 0.1) is 0 Å². The van der Waals surface area contributed by atoms with Crippen molar-refractivity contribution in [1.29, 1.82) is 0 Å². The van der Waals surface area contributed by atoms with Gasteiger partial charge in [0.2, 0.25) is 0 Å².